The monoisotopic (exact) mass is 226 g/mol. The summed E-state index contributed by atoms with van der Waals surface area (Å²) in [5, 5.41) is 3.33. The minimum absolute atomic E-state index is 0.370. The van der Waals surface area contributed by atoms with Gasteiger partial charge in [0.05, 0.1) is 0 Å². The molecule has 0 saturated heterocycles. The van der Waals surface area contributed by atoms with Crippen molar-refractivity contribution in [2.45, 2.75) is 18.9 Å². The van der Waals surface area contributed by atoms with Gasteiger partial charge in [-0.15, -0.1) is 0 Å². The smallest absolute Gasteiger partial charge is 0.224 e. The number of nitrogens with two attached hydrogens (primary N) is 1. The maximum absolute atomic E-state index is 5.63. The second kappa shape index (κ2) is 4.05. The van der Waals surface area contributed by atoms with E-state index in [1.807, 2.05) is 0 Å². The first kappa shape index (κ1) is 10.1. The molecule has 4 heteroatoms. The number of nitrogen functional groups attached to an aromatic ring is 1. The van der Waals surface area contributed by atoms with E-state index < -0.39 is 0 Å². The Kier molecular flexibility index (Phi) is 2.40. The van der Waals surface area contributed by atoms with E-state index in [2.05, 4.69) is 39.6 Å². The predicted octanol–water partition coefficient (Wildman–Crippen LogP) is 1.64. The molecule has 0 amide bonds. The van der Waals surface area contributed by atoms with Crippen LogP contribution in [0.1, 0.15) is 11.1 Å². The summed E-state index contributed by atoms with van der Waals surface area (Å²) in [7, 11) is 0. The largest absolute Gasteiger partial charge is 0.384 e. The van der Waals surface area contributed by atoms with E-state index in [1.54, 1.807) is 12.3 Å². The summed E-state index contributed by atoms with van der Waals surface area (Å²) >= 11 is 0. The van der Waals surface area contributed by atoms with E-state index in [-0.39, 0.29) is 0 Å². The third-order valence-electron chi connectivity index (χ3n) is 3.06. The molecule has 3 rings (SSSR count). The van der Waals surface area contributed by atoms with E-state index in [9.17, 15) is 0 Å². The van der Waals surface area contributed by atoms with Crippen molar-refractivity contribution in [2.24, 2.45) is 0 Å². The molecule has 0 atom stereocenters. The highest BCUT2D eigenvalue weighted by atomic mass is 15.1. The minimum Gasteiger partial charge on any atom is -0.384 e. The number of benzene rings is 1. The number of hydrogen-bond acceptors (Lipinski definition) is 4. The number of aromatic nitrogens is 2. The molecule has 1 aromatic carbocycles. The molecule has 0 fully saturated rings. The molecule has 1 heterocycles. The Morgan fingerprint density at radius 2 is 1.82 bits per heavy atom. The molecule has 17 heavy (non-hydrogen) atoms. The van der Waals surface area contributed by atoms with Gasteiger partial charge in [-0.2, -0.15) is 4.98 Å². The molecular formula is C13H14N4. The summed E-state index contributed by atoms with van der Waals surface area (Å²) in [4.78, 5) is 8.32. The molecule has 4 nitrogen and oxygen atoms in total. The van der Waals surface area contributed by atoms with Crippen molar-refractivity contribution >= 4 is 11.8 Å². The maximum Gasteiger partial charge on any atom is 0.224 e. The van der Waals surface area contributed by atoms with Gasteiger partial charge in [-0.05, 0) is 30.0 Å². The lowest BCUT2D eigenvalue weighted by Gasteiger charge is -2.11. The fourth-order valence-electron chi connectivity index (χ4n) is 2.29. The van der Waals surface area contributed by atoms with Crippen LogP contribution in [-0.4, -0.2) is 16.0 Å². The van der Waals surface area contributed by atoms with Crippen LogP contribution in [0.3, 0.4) is 0 Å². The molecule has 0 spiro atoms. The number of nitrogens with one attached hydrogen (secondary N) is 1. The van der Waals surface area contributed by atoms with Crippen molar-refractivity contribution in [3.05, 3.63) is 47.7 Å². The van der Waals surface area contributed by atoms with Gasteiger partial charge in [0.15, 0.2) is 0 Å². The molecule has 86 valence electrons. The average molecular weight is 226 g/mol. The number of fused-ring (bicyclic) bond motifs is 1. The van der Waals surface area contributed by atoms with Gasteiger partial charge in [0.1, 0.15) is 5.82 Å². The lowest BCUT2D eigenvalue weighted by Crippen LogP contribution is -2.21. The number of rotatable bonds is 2. The number of hydrogen-bond donors (Lipinski definition) is 2. The van der Waals surface area contributed by atoms with Crippen LogP contribution in [0.25, 0.3) is 0 Å². The zero-order valence-electron chi connectivity index (χ0n) is 9.43. The minimum atomic E-state index is 0.370. The summed E-state index contributed by atoms with van der Waals surface area (Å²) in [6.45, 7) is 0. The fraction of sp³-hybridized carbons (Fsp3) is 0.231. The van der Waals surface area contributed by atoms with Gasteiger partial charge in [-0.25, -0.2) is 4.98 Å². The van der Waals surface area contributed by atoms with Crippen LogP contribution < -0.4 is 11.1 Å². The Bertz CT molecular complexity index is 513. The lowest BCUT2D eigenvalue weighted by atomic mass is 10.1. The Morgan fingerprint density at radius 3 is 2.47 bits per heavy atom. The highest BCUT2D eigenvalue weighted by Gasteiger charge is 2.21. The molecule has 1 aliphatic carbocycles. The van der Waals surface area contributed by atoms with Crippen molar-refractivity contribution in [3.63, 3.8) is 0 Å². The fourth-order valence-corrected chi connectivity index (χ4v) is 2.29. The highest BCUT2D eigenvalue weighted by Crippen LogP contribution is 2.23. The quantitative estimate of drug-likeness (QED) is 0.817. The predicted molar refractivity (Wildman–Crippen MR) is 67.7 cm³/mol. The number of nitrogens with zero attached hydrogens (tertiary/aromatic N) is 2. The first-order chi connectivity index (χ1) is 8.31. The van der Waals surface area contributed by atoms with Crippen LogP contribution in [-0.2, 0) is 12.8 Å². The van der Waals surface area contributed by atoms with Gasteiger partial charge < -0.3 is 11.1 Å². The summed E-state index contributed by atoms with van der Waals surface area (Å²) in [5.74, 6) is 1.11. The van der Waals surface area contributed by atoms with Crippen LogP contribution in [0.5, 0.6) is 0 Å². The van der Waals surface area contributed by atoms with Crippen LogP contribution >= 0.6 is 0 Å². The summed E-state index contributed by atoms with van der Waals surface area (Å²) in [5.41, 5.74) is 8.45. The molecule has 1 aliphatic rings. The molecular weight excluding hydrogens is 212 g/mol. The molecule has 0 unspecified atom stereocenters. The zero-order valence-corrected chi connectivity index (χ0v) is 9.43. The van der Waals surface area contributed by atoms with Crippen LogP contribution in [0, 0.1) is 0 Å². The third kappa shape index (κ3) is 2.06. The first-order valence-corrected chi connectivity index (χ1v) is 5.73. The third-order valence-corrected chi connectivity index (χ3v) is 3.06. The summed E-state index contributed by atoms with van der Waals surface area (Å²) in [6.07, 6.45) is 3.72. The van der Waals surface area contributed by atoms with Crippen LogP contribution in [0.4, 0.5) is 11.8 Å². The molecule has 0 saturated carbocycles. The summed E-state index contributed by atoms with van der Waals surface area (Å²) in [6, 6.07) is 10.6. The highest BCUT2D eigenvalue weighted by molar-refractivity contribution is 5.40. The van der Waals surface area contributed by atoms with Gasteiger partial charge in [0.25, 0.3) is 0 Å². The zero-order chi connectivity index (χ0) is 11.7. The van der Waals surface area contributed by atoms with E-state index >= 15 is 0 Å². The molecule has 2 aromatic rings. The normalized spacial score (nSPS) is 14.6. The van der Waals surface area contributed by atoms with Crippen molar-refractivity contribution < 1.29 is 0 Å². The van der Waals surface area contributed by atoms with Gasteiger partial charge in [0.2, 0.25) is 5.95 Å². The second-order valence-corrected chi connectivity index (χ2v) is 4.32. The van der Waals surface area contributed by atoms with Gasteiger partial charge in [-0.1, -0.05) is 24.3 Å². The van der Waals surface area contributed by atoms with Gasteiger partial charge in [0, 0.05) is 12.2 Å². The van der Waals surface area contributed by atoms with Gasteiger partial charge in [-0.3, -0.25) is 0 Å². The van der Waals surface area contributed by atoms with Gasteiger partial charge >= 0.3 is 0 Å². The van der Waals surface area contributed by atoms with Crippen molar-refractivity contribution in [1.82, 2.24) is 9.97 Å². The van der Waals surface area contributed by atoms with Crippen molar-refractivity contribution in [3.8, 4) is 0 Å². The van der Waals surface area contributed by atoms with E-state index in [1.165, 1.54) is 11.1 Å². The summed E-state index contributed by atoms with van der Waals surface area (Å²) < 4.78 is 0. The molecule has 0 aliphatic heterocycles. The van der Waals surface area contributed by atoms with Crippen molar-refractivity contribution in [1.29, 1.82) is 0 Å². The SMILES string of the molecule is Nc1ccnc(NC2Cc3ccccc3C2)n1. The van der Waals surface area contributed by atoms with E-state index in [0.717, 1.165) is 12.8 Å². The van der Waals surface area contributed by atoms with Crippen LogP contribution in [0.2, 0.25) is 0 Å². The Morgan fingerprint density at radius 1 is 1.12 bits per heavy atom. The Hall–Kier alpha value is -2.10. The van der Waals surface area contributed by atoms with E-state index in [0.29, 0.717) is 17.8 Å². The first-order valence-electron chi connectivity index (χ1n) is 5.73. The molecule has 0 radical (unpaired) electrons. The van der Waals surface area contributed by atoms with Crippen LogP contribution in [0.15, 0.2) is 36.5 Å². The second-order valence-electron chi connectivity index (χ2n) is 4.32. The topological polar surface area (TPSA) is 63.8 Å². The average Bonchev–Trinajstić information content (AvgIpc) is 2.71. The molecule has 1 aromatic heterocycles. The van der Waals surface area contributed by atoms with Crippen molar-refractivity contribution in [2.75, 3.05) is 11.1 Å². The van der Waals surface area contributed by atoms with E-state index in [4.69, 9.17) is 5.73 Å². The Balaban J connectivity index is 1.74. The lowest BCUT2D eigenvalue weighted by molar-refractivity contribution is 0.762. The standard InChI is InChI=1S/C13H14N4/c14-12-5-6-15-13(17-12)16-11-7-9-3-1-2-4-10(9)8-11/h1-6,11H,7-8H2,(H3,14,15,16,17). The Labute approximate surface area is 99.9 Å². The molecule has 0 bridgehead atoms. The number of anilines is 2. The maximum atomic E-state index is 5.63. The molecule has 3 N–H and O–H groups in total.